The summed E-state index contributed by atoms with van der Waals surface area (Å²) in [5, 5.41) is 13.0. The molecule has 1 heterocycles. The Balaban J connectivity index is 1.96. The Labute approximate surface area is 140 Å². The molecule has 0 fully saturated rings. The van der Waals surface area contributed by atoms with Crippen molar-refractivity contribution in [1.82, 2.24) is 0 Å². The Kier molecular flexibility index (Phi) is 4.73. The molecule has 23 heavy (non-hydrogen) atoms. The average molecular weight is 316 g/mol. The van der Waals surface area contributed by atoms with E-state index in [1.807, 2.05) is 84.3 Å². The lowest BCUT2D eigenvalue weighted by Gasteiger charge is -2.16. The molecule has 0 spiro atoms. The van der Waals surface area contributed by atoms with Gasteiger partial charge in [-0.2, -0.15) is 0 Å². The van der Waals surface area contributed by atoms with Crippen molar-refractivity contribution in [3.8, 4) is 11.8 Å². The summed E-state index contributed by atoms with van der Waals surface area (Å²) in [5.41, 5.74) is 0.624. The maximum atomic E-state index is 11.0. The van der Waals surface area contributed by atoms with Crippen LogP contribution in [-0.4, -0.2) is 5.11 Å². The molecule has 2 heteroatoms. The summed E-state index contributed by atoms with van der Waals surface area (Å²) in [4.78, 5) is 0.813. The van der Waals surface area contributed by atoms with Crippen molar-refractivity contribution in [2.24, 2.45) is 0 Å². The van der Waals surface area contributed by atoms with E-state index in [4.69, 9.17) is 0 Å². The quantitative estimate of drug-likeness (QED) is 0.694. The predicted octanol–water partition coefficient (Wildman–Crippen LogP) is 4.70. The van der Waals surface area contributed by atoms with Crippen LogP contribution in [0.3, 0.4) is 0 Å². The zero-order chi connectivity index (χ0) is 16.0. The van der Waals surface area contributed by atoms with Crippen LogP contribution in [0.5, 0.6) is 0 Å². The molecule has 0 radical (unpaired) electrons. The fourth-order valence-electron chi connectivity index (χ4n) is 2.15. The monoisotopic (exact) mass is 316 g/mol. The van der Waals surface area contributed by atoms with E-state index >= 15 is 0 Å². The average Bonchev–Trinajstić information content (AvgIpc) is 3.16. The van der Waals surface area contributed by atoms with Gasteiger partial charge in [-0.25, -0.2) is 0 Å². The Hall–Kier alpha value is -2.60. The summed E-state index contributed by atoms with van der Waals surface area (Å²) in [6.45, 7) is 0. The lowest BCUT2D eigenvalue weighted by molar-refractivity contribution is 0.159. The molecular formula is C21H16OS. The summed E-state index contributed by atoms with van der Waals surface area (Å²) in [6, 6.07) is 23.4. The van der Waals surface area contributed by atoms with Crippen molar-refractivity contribution in [3.63, 3.8) is 0 Å². The third-order valence-electron chi connectivity index (χ3n) is 3.38. The van der Waals surface area contributed by atoms with E-state index in [1.54, 1.807) is 6.08 Å². The van der Waals surface area contributed by atoms with Gasteiger partial charge in [0.05, 0.1) is 4.88 Å². The molecule has 0 bridgehead atoms. The Morgan fingerprint density at radius 2 is 1.57 bits per heavy atom. The zero-order valence-corrected chi connectivity index (χ0v) is 13.3. The van der Waals surface area contributed by atoms with Crippen molar-refractivity contribution in [1.29, 1.82) is 0 Å². The van der Waals surface area contributed by atoms with Gasteiger partial charge in [0.1, 0.15) is 0 Å². The normalized spacial score (nSPS) is 13.3. The van der Waals surface area contributed by atoms with Crippen molar-refractivity contribution in [2.45, 2.75) is 5.60 Å². The maximum absolute atomic E-state index is 11.0. The molecule has 0 aliphatic heterocycles. The number of benzene rings is 2. The van der Waals surface area contributed by atoms with E-state index in [0.29, 0.717) is 0 Å². The molecule has 2 aromatic carbocycles. The van der Waals surface area contributed by atoms with Gasteiger partial charge in [0.15, 0.2) is 5.60 Å². The largest absolute Gasteiger partial charge is 0.369 e. The number of rotatable bonds is 3. The van der Waals surface area contributed by atoms with Gasteiger partial charge in [-0.05, 0) is 35.2 Å². The molecule has 3 aromatic rings. The number of hydrogen-bond donors (Lipinski definition) is 1. The summed E-state index contributed by atoms with van der Waals surface area (Å²) in [7, 11) is 0. The van der Waals surface area contributed by atoms with Gasteiger partial charge in [0.2, 0.25) is 0 Å². The van der Waals surface area contributed by atoms with Gasteiger partial charge in [-0.3, -0.25) is 0 Å². The minimum atomic E-state index is -1.29. The fraction of sp³-hybridized carbons (Fsp3) is 0.0476. The molecule has 1 unspecified atom stereocenters. The number of thiophene rings is 1. The minimum absolute atomic E-state index is 0.813. The topological polar surface area (TPSA) is 20.2 Å². The first kappa shape index (κ1) is 15.3. The highest BCUT2D eigenvalue weighted by atomic mass is 32.1. The lowest BCUT2D eigenvalue weighted by Crippen LogP contribution is -2.18. The fourth-order valence-corrected chi connectivity index (χ4v) is 2.91. The summed E-state index contributed by atoms with van der Waals surface area (Å²) < 4.78 is 0. The molecule has 1 nitrogen and oxygen atoms in total. The number of hydrogen-bond acceptors (Lipinski definition) is 2. The second-order valence-electron chi connectivity index (χ2n) is 5.10. The van der Waals surface area contributed by atoms with E-state index < -0.39 is 5.60 Å². The molecule has 0 saturated carbocycles. The molecule has 112 valence electrons. The minimum Gasteiger partial charge on any atom is -0.369 e. The zero-order valence-electron chi connectivity index (χ0n) is 12.5. The predicted molar refractivity (Wildman–Crippen MR) is 97.0 cm³/mol. The smallest absolute Gasteiger partial charge is 0.179 e. The Bertz CT molecular complexity index is 824. The first-order chi connectivity index (χ1) is 11.3. The molecule has 3 rings (SSSR count). The van der Waals surface area contributed by atoms with Crippen LogP contribution in [0, 0.1) is 11.8 Å². The van der Waals surface area contributed by atoms with Crippen LogP contribution in [0.4, 0.5) is 0 Å². The molecule has 1 atom stereocenters. The summed E-state index contributed by atoms with van der Waals surface area (Å²) in [6.07, 6.45) is 3.66. The third kappa shape index (κ3) is 3.98. The van der Waals surface area contributed by atoms with Crippen LogP contribution in [0.2, 0.25) is 0 Å². The van der Waals surface area contributed by atoms with Crippen molar-refractivity contribution in [3.05, 3.63) is 100 Å². The molecule has 0 saturated heterocycles. The van der Waals surface area contributed by atoms with Gasteiger partial charge in [0.25, 0.3) is 0 Å². The van der Waals surface area contributed by atoms with Gasteiger partial charge in [-0.15, -0.1) is 11.3 Å². The van der Waals surface area contributed by atoms with E-state index in [-0.39, 0.29) is 0 Å². The van der Waals surface area contributed by atoms with Crippen LogP contribution in [0.1, 0.15) is 16.0 Å². The van der Waals surface area contributed by atoms with Crippen LogP contribution < -0.4 is 0 Å². The van der Waals surface area contributed by atoms with Crippen LogP contribution in [0.15, 0.2) is 84.3 Å². The Morgan fingerprint density at radius 3 is 2.22 bits per heavy atom. The van der Waals surface area contributed by atoms with Crippen LogP contribution in [-0.2, 0) is 5.60 Å². The molecule has 0 aliphatic rings. The third-order valence-corrected chi connectivity index (χ3v) is 4.38. The van der Waals surface area contributed by atoms with E-state index in [0.717, 1.165) is 16.0 Å². The van der Waals surface area contributed by atoms with Gasteiger partial charge in [0, 0.05) is 5.56 Å². The molecular weight excluding hydrogens is 300 g/mol. The van der Waals surface area contributed by atoms with Crippen molar-refractivity contribution >= 4 is 17.4 Å². The van der Waals surface area contributed by atoms with Crippen molar-refractivity contribution in [2.75, 3.05) is 0 Å². The van der Waals surface area contributed by atoms with E-state index in [2.05, 4.69) is 11.8 Å². The molecule has 1 aromatic heterocycles. The van der Waals surface area contributed by atoms with Gasteiger partial charge >= 0.3 is 0 Å². The van der Waals surface area contributed by atoms with Gasteiger partial charge < -0.3 is 5.11 Å². The SMILES string of the molecule is OC(C#Cc1ccccc1)(/C=C/c1ccccc1)c1cccs1. The second kappa shape index (κ2) is 7.11. The standard InChI is InChI=1S/C21H16OS/c22-21(20-12-7-17-23-20,15-13-18-8-3-1-4-9-18)16-14-19-10-5-2-6-11-19/h1-13,15,17,22H/b15-13+. The first-order valence-electron chi connectivity index (χ1n) is 7.35. The van der Waals surface area contributed by atoms with Crippen molar-refractivity contribution < 1.29 is 5.11 Å². The molecule has 0 amide bonds. The van der Waals surface area contributed by atoms with Gasteiger partial charge in [-0.1, -0.05) is 72.5 Å². The second-order valence-corrected chi connectivity index (χ2v) is 6.05. The first-order valence-corrected chi connectivity index (χ1v) is 8.23. The van der Waals surface area contributed by atoms with Crippen LogP contribution in [0.25, 0.3) is 6.08 Å². The summed E-state index contributed by atoms with van der Waals surface area (Å²) in [5.74, 6) is 6.08. The highest BCUT2D eigenvalue weighted by Crippen LogP contribution is 2.27. The van der Waals surface area contributed by atoms with E-state index in [1.165, 1.54) is 11.3 Å². The van der Waals surface area contributed by atoms with Crippen LogP contribution >= 0.6 is 11.3 Å². The highest BCUT2D eigenvalue weighted by molar-refractivity contribution is 7.10. The molecule has 0 aliphatic carbocycles. The Morgan fingerprint density at radius 1 is 0.870 bits per heavy atom. The molecule has 1 N–H and O–H groups in total. The highest BCUT2D eigenvalue weighted by Gasteiger charge is 2.24. The maximum Gasteiger partial charge on any atom is 0.179 e. The number of aliphatic hydroxyl groups is 1. The summed E-state index contributed by atoms with van der Waals surface area (Å²) >= 11 is 1.50. The van der Waals surface area contributed by atoms with E-state index in [9.17, 15) is 5.11 Å². The lowest BCUT2D eigenvalue weighted by atomic mass is 10.00.